The highest BCUT2D eigenvalue weighted by Crippen LogP contribution is 2.21. The van der Waals surface area contributed by atoms with Crippen LogP contribution in [0.15, 0.2) is 48.5 Å². The molecule has 0 unspecified atom stereocenters. The Morgan fingerprint density at radius 3 is 2.88 bits per heavy atom. The second kappa shape index (κ2) is 7.13. The minimum atomic E-state index is -0.135. The molecule has 2 N–H and O–H groups in total. The number of fused-ring (bicyclic) bond motifs is 1. The average Bonchev–Trinajstić information content (AvgIpc) is 3.09. The zero-order valence-corrected chi connectivity index (χ0v) is 14.5. The van der Waals surface area contributed by atoms with Gasteiger partial charge in [-0.05, 0) is 41.8 Å². The Balaban J connectivity index is 1.44. The molecule has 0 saturated carbocycles. The van der Waals surface area contributed by atoms with Crippen molar-refractivity contribution in [3.8, 4) is 0 Å². The van der Waals surface area contributed by atoms with Gasteiger partial charge in [0.2, 0.25) is 5.13 Å². The summed E-state index contributed by atoms with van der Waals surface area (Å²) in [7, 11) is 0. The molecule has 0 spiro atoms. The van der Waals surface area contributed by atoms with E-state index in [0.717, 1.165) is 30.9 Å². The van der Waals surface area contributed by atoms with Gasteiger partial charge in [-0.25, -0.2) is 0 Å². The molecule has 25 heavy (non-hydrogen) atoms. The number of benzene rings is 2. The Labute approximate surface area is 150 Å². The number of aromatic nitrogens is 2. The van der Waals surface area contributed by atoms with Gasteiger partial charge < -0.3 is 5.32 Å². The molecule has 1 aromatic heterocycles. The summed E-state index contributed by atoms with van der Waals surface area (Å²) in [6, 6.07) is 16.0. The number of amides is 1. The number of rotatable bonds is 4. The molecule has 0 aliphatic carbocycles. The van der Waals surface area contributed by atoms with Gasteiger partial charge in [0.25, 0.3) is 5.91 Å². The van der Waals surface area contributed by atoms with Crippen LogP contribution in [0.3, 0.4) is 0 Å². The first-order valence-corrected chi connectivity index (χ1v) is 9.10. The zero-order valence-electron chi connectivity index (χ0n) is 13.7. The zero-order chi connectivity index (χ0) is 17.1. The first kappa shape index (κ1) is 15.9. The van der Waals surface area contributed by atoms with Crippen LogP contribution in [0.5, 0.6) is 0 Å². The van der Waals surface area contributed by atoms with E-state index in [0.29, 0.717) is 10.7 Å². The number of hydrogen-bond donors (Lipinski definition) is 2. The van der Waals surface area contributed by atoms with E-state index in [9.17, 15) is 4.79 Å². The monoisotopic (exact) mass is 350 g/mol. The Hall–Kier alpha value is -2.57. The van der Waals surface area contributed by atoms with Crippen molar-refractivity contribution in [2.24, 2.45) is 0 Å². The van der Waals surface area contributed by atoms with Crippen LogP contribution in [-0.4, -0.2) is 22.6 Å². The highest BCUT2D eigenvalue weighted by molar-refractivity contribution is 7.15. The lowest BCUT2D eigenvalue weighted by Crippen LogP contribution is -2.24. The summed E-state index contributed by atoms with van der Waals surface area (Å²) in [5, 5.41) is 15.9. The number of anilines is 1. The normalized spacial score (nSPS) is 13.3. The number of nitrogens with one attached hydrogen (secondary N) is 2. The van der Waals surface area contributed by atoms with Crippen LogP contribution in [-0.2, 0) is 19.4 Å². The van der Waals surface area contributed by atoms with Crippen molar-refractivity contribution in [3.05, 3.63) is 75.8 Å². The maximum Gasteiger partial charge on any atom is 0.257 e. The summed E-state index contributed by atoms with van der Waals surface area (Å²) < 4.78 is 0. The van der Waals surface area contributed by atoms with Gasteiger partial charge in [-0.1, -0.05) is 47.7 Å². The predicted molar refractivity (Wildman–Crippen MR) is 99.0 cm³/mol. The van der Waals surface area contributed by atoms with Crippen LogP contribution in [0.1, 0.15) is 32.1 Å². The SMILES string of the molecule is O=C(Nc1nnc(Cc2ccccc2)s1)c1ccc2c(c1)CCNC2. The third-order valence-corrected chi connectivity index (χ3v) is 5.08. The molecule has 0 saturated heterocycles. The molecule has 1 amide bonds. The molecule has 2 heterocycles. The number of carbonyl (C=O) groups is 1. The fourth-order valence-electron chi connectivity index (χ4n) is 2.93. The van der Waals surface area contributed by atoms with E-state index in [1.807, 2.05) is 36.4 Å². The third kappa shape index (κ3) is 3.75. The quantitative estimate of drug-likeness (QED) is 0.759. The second-order valence-corrected chi connectivity index (χ2v) is 7.09. The topological polar surface area (TPSA) is 66.9 Å². The molecular formula is C19H18N4OS. The Kier molecular flexibility index (Phi) is 4.54. The van der Waals surface area contributed by atoms with Gasteiger partial charge in [-0.2, -0.15) is 0 Å². The van der Waals surface area contributed by atoms with Crippen LogP contribution in [0.4, 0.5) is 5.13 Å². The Morgan fingerprint density at radius 1 is 1.12 bits per heavy atom. The maximum absolute atomic E-state index is 12.5. The van der Waals surface area contributed by atoms with Crippen LogP contribution in [0.2, 0.25) is 0 Å². The maximum atomic E-state index is 12.5. The lowest BCUT2D eigenvalue weighted by Gasteiger charge is -2.17. The molecule has 0 atom stereocenters. The second-order valence-electron chi connectivity index (χ2n) is 6.03. The molecule has 1 aliphatic heterocycles. The van der Waals surface area contributed by atoms with Crippen LogP contribution in [0.25, 0.3) is 0 Å². The highest BCUT2D eigenvalue weighted by Gasteiger charge is 2.14. The first-order valence-electron chi connectivity index (χ1n) is 8.28. The van der Waals surface area contributed by atoms with Crippen LogP contribution in [0, 0.1) is 0 Å². The molecule has 2 aromatic carbocycles. The first-order chi connectivity index (χ1) is 12.3. The molecule has 1 aliphatic rings. The fourth-order valence-corrected chi connectivity index (χ4v) is 3.70. The Morgan fingerprint density at radius 2 is 2.00 bits per heavy atom. The van der Waals surface area contributed by atoms with Gasteiger partial charge in [0.05, 0.1) is 0 Å². The summed E-state index contributed by atoms with van der Waals surface area (Å²) in [6.07, 6.45) is 1.68. The lowest BCUT2D eigenvalue weighted by molar-refractivity contribution is 0.102. The smallest absolute Gasteiger partial charge is 0.257 e. The third-order valence-electron chi connectivity index (χ3n) is 4.24. The van der Waals surface area contributed by atoms with E-state index in [4.69, 9.17) is 0 Å². The van der Waals surface area contributed by atoms with Gasteiger partial charge >= 0.3 is 0 Å². The van der Waals surface area contributed by atoms with Crippen molar-refractivity contribution in [1.29, 1.82) is 0 Å². The van der Waals surface area contributed by atoms with Gasteiger partial charge in [0.1, 0.15) is 5.01 Å². The van der Waals surface area contributed by atoms with Crippen molar-refractivity contribution >= 4 is 22.4 Å². The minimum absolute atomic E-state index is 0.135. The van der Waals surface area contributed by atoms with Gasteiger partial charge in [0.15, 0.2) is 0 Å². The highest BCUT2D eigenvalue weighted by atomic mass is 32.1. The molecule has 0 radical (unpaired) electrons. The molecule has 4 rings (SSSR count). The standard InChI is InChI=1S/C19H18N4OS/c24-18(15-6-7-16-12-20-9-8-14(16)11-15)21-19-23-22-17(25-19)10-13-4-2-1-3-5-13/h1-7,11,20H,8-10,12H2,(H,21,23,24). The molecule has 0 bridgehead atoms. The van der Waals surface area contributed by atoms with E-state index < -0.39 is 0 Å². The molecule has 126 valence electrons. The number of nitrogens with zero attached hydrogens (tertiary/aromatic N) is 2. The molecule has 3 aromatic rings. The van der Waals surface area contributed by atoms with Crippen molar-refractivity contribution in [1.82, 2.24) is 15.5 Å². The average molecular weight is 350 g/mol. The van der Waals surface area contributed by atoms with Gasteiger partial charge in [0, 0.05) is 18.5 Å². The minimum Gasteiger partial charge on any atom is -0.312 e. The Bertz CT molecular complexity index is 891. The van der Waals surface area contributed by atoms with Crippen molar-refractivity contribution in [3.63, 3.8) is 0 Å². The van der Waals surface area contributed by atoms with Gasteiger partial charge in [-0.3, -0.25) is 10.1 Å². The van der Waals surface area contributed by atoms with Gasteiger partial charge in [-0.15, -0.1) is 10.2 Å². The van der Waals surface area contributed by atoms with Crippen molar-refractivity contribution in [2.75, 3.05) is 11.9 Å². The largest absolute Gasteiger partial charge is 0.312 e. The van der Waals surface area contributed by atoms with E-state index in [1.54, 1.807) is 0 Å². The summed E-state index contributed by atoms with van der Waals surface area (Å²) in [6.45, 7) is 1.83. The van der Waals surface area contributed by atoms with E-state index in [1.165, 1.54) is 28.0 Å². The summed E-state index contributed by atoms with van der Waals surface area (Å²) in [5.74, 6) is -0.135. The predicted octanol–water partition coefficient (Wildman–Crippen LogP) is 3.03. The van der Waals surface area contributed by atoms with Crippen LogP contribution >= 0.6 is 11.3 Å². The molecule has 6 heteroatoms. The fraction of sp³-hybridized carbons (Fsp3) is 0.211. The summed E-state index contributed by atoms with van der Waals surface area (Å²) >= 11 is 1.42. The van der Waals surface area contributed by atoms with E-state index in [2.05, 4.69) is 33.0 Å². The van der Waals surface area contributed by atoms with E-state index in [-0.39, 0.29) is 5.91 Å². The summed E-state index contributed by atoms with van der Waals surface area (Å²) in [5.41, 5.74) is 4.36. The molecular weight excluding hydrogens is 332 g/mol. The van der Waals surface area contributed by atoms with Crippen molar-refractivity contribution in [2.45, 2.75) is 19.4 Å². The van der Waals surface area contributed by atoms with Crippen LogP contribution < -0.4 is 10.6 Å². The number of hydrogen-bond acceptors (Lipinski definition) is 5. The number of carbonyl (C=O) groups excluding carboxylic acids is 1. The molecule has 0 fully saturated rings. The van der Waals surface area contributed by atoms with Crippen molar-refractivity contribution < 1.29 is 4.79 Å². The summed E-state index contributed by atoms with van der Waals surface area (Å²) in [4.78, 5) is 12.5. The lowest BCUT2D eigenvalue weighted by atomic mass is 9.98. The molecule has 5 nitrogen and oxygen atoms in total. The van der Waals surface area contributed by atoms with E-state index >= 15 is 0 Å².